The number of ether oxygens (including phenoxy) is 1. The lowest BCUT2D eigenvalue weighted by Crippen LogP contribution is -2.16. The first-order chi connectivity index (χ1) is 17.1. The van der Waals surface area contributed by atoms with E-state index in [1.165, 1.54) is 36.8 Å². The minimum absolute atomic E-state index is 0.148. The summed E-state index contributed by atoms with van der Waals surface area (Å²) in [6, 6.07) is 16.1. The molecule has 1 amide bonds. The van der Waals surface area contributed by atoms with Crippen molar-refractivity contribution in [3.05, 3.63) is 87.9 Å². The molecule has 8 nitrogen and oxygen atoms in total. The fourth-order valence-corrected chi connectivity index (χ4v) is 3.02. The SMILES string of the molecule is NC(=NC=Nc1ccc(OC(F)(F)F)cc1)c1ccc(/C=N/OC(=O)Nc2ccc(Cl)cc2Cl)cc1. The zero-order valence-electron chi connectivity index (χ0n) is 18.0. The molecular formula is C23H16Cl2F3N5O3. The molecule has 3 aromatic carbocycles. The topological polar surface area (TPSA) is 111 Å². The monoisotopic (exact) mass is 537 g/mol. The van der Waals surface area contributed by atoms with E-state index >= 15 is 0 Å². The number of amidine groups is 1. The number of hydrogen-bond acceptors (Lipinski definition) is 5. The van der Waals surface area contributed by atoms with Crippen molar-refractivity contribution in [3.8, 4) is 5.75 Å². The molecule has 186 valence electrons. The van der Waals surface area contributed by atoms with Gasteiger partial charge in [0.1, 0.15) is 17.9 Å². The number of carbonyl (C=O) groups is 1. The summed E-state index contributed by atoms with van der Waals surface area (Å²) in [5.41, 5.74) is 7.78. The van der Waals surface area contributed by atoms with Gasteiger partial charge >= 0.3 is 12.5 Å². The molecule has 0 aromatic heterocycles. The lowest BCUT2D eigenvalue weighted by atomic mass is 10.1. The lowest BCUT2D eigenvalue weighted by Gasteiger charge is -2.08. The molecule has 3 N–H and O–H groups in total. The van der Waals surface area contributed by atoms with Crippen LogP contribution in [0.5, 0.6) is 5.75 Å². The average molecular weight is 538 g/mol. The number of anilines is 1. The Morgan fingerprint density at radius 1 is 1.00 bits per heavy atom. The highest BCUT2D eigenvalue weighted by atomic mass is 35.5. The highest BCUT2D eigenvalue weighted by Gasteiger charge is 2.30. The van der Waals surface area contributed by atoms with Gasteiger partial charge in [-0.1, -0.05) is 52.6 Å². The summed E-state index contributed by atoms with van der Waals surface area (Å²) in [6.45, 7) is 0. The number of nitrogens with one attached hydrogen (secondary N) is 1. The molecule has 0 aliphatic rings. The summed E-state index contributed by atoms with van der Waals surface area (Å²) in [5.74, 6) is -0.209. The van der Waals surface area contributed by atoms with E-state index in [-0.39, 0.29) is 16.6 Å². The molecule has 0 heterocycles. The molecule has 0 unspecified atom stereocenters. The predicted molar refractivity (Wildman–Crippen MR) is 133 cm³/mol. The van der Waals surface area contributed by atoms with E-state index in [9.17, 15) is 18.0 Å². The van der Waals surface area contributed by atoms with E-state index in [1.54, 1.807) is 30.3 Å². The Morgan fingerprint density at radius 3 is 2.33 bits per heavy atom. The van der Waals surface area contributed by atoms with Crippen molar-refractivity contribution in [2.75, 3.05) is 5.32 Å². The number of rotatable bonds is 7. The summed E-state index contributed by atoms with van der Waals surface area (Å²) < 4.78 is 40.4. The van der Waals surface area contributed by atoms with Gasteiger partial charge in [0.05, 0.1) is 22.6 Å². The van der Waals surface area contributed by atoms with Crippen LogP contribution >= 0.6 is 23.2 Å². The fraction of sp³-hybridized carbons (Fsp3) is 0.0435. The molecule has 0 aliphatic heterocycles. The Morgan fingerprint density at radius 2 is 1.69 bits per heavy atom. The largest absolute Gasteiger partial charge is 0.573 e. The Kier molecular flexibility index (Phi) is 8.87. The maximum atomic E-state index is 12.2. The highest BCUT2D eigenvalue weighted by Crippen LogP contribution is 2.26. The smallest absolute Gasteiger partial charge is 0.406 e. The van der Waals surface area contributed by atoms with Crippen molar-refractivity contribution in [3.63, 3.8) is 0 Å². The Balaban J connectivity index is 1.52. The zero-order valence-corrected chi connectivity index (χ0v) is 19.6. The molecule has 0 fully saturated rings. The van der Waals surface area contributed by atoms with Gasteiger partial charge in [-0.2, -0.15) is 0 Å². The van der Waals surface area contributed by atoms with Crippen molar-refractivity contribution < 1.29 is 27.5 Å². The van der Waals surface area contributed by atoms with Crippen LogP contribution in [0.1, 0.15) is 11.1 Å². The summed E-state index contributed by atoms with van der Waals surface area (Å²) in [5, 5.41) is 6.71. The van der Waals surface area contributed by atoms with Crippen molar-refractivity contribution in [1.82, 2.24) is 0 Å². The second kappa shape index (κ2) is 12.0. The van der Waals surface area contributed by atoms with Crippen molar-refractivity contribution >= 4 is 59.1 Å². The van der Waals surface area contributed by atoms with E-state index in [1.807, 2.05) is 0 Å². The molecule has 0 spiro atoms. The van der Waals surface area contributed by atoms with Crippen LogP contribution in [0.3, 0.4) is 0 Å². The maximum absolute atomic E-state index is 12.2. The van der Waals surface area contributed by atoms with E-state index in [2.05, 4.69) is 25.2 Å². The van der Waals surface area contributed by atoms with Crippen LogP contribution in [0, 0.1) is 0 Å². The molecule has 3 rings (SSSR count). The third kappa shape index (κ3) is 8.60. The Hall–Kier alpha value is -4.09. The second-order valence-corrected chi connectivity index (χ2v) is 7.63. The fourth-order valence-electron chi connectivity index (χ4n) is 2.56. The number of nitrogens with zero attached hydrogens (tertiary/aromatic N) is 3. The summed E-state index contributed by atoms with van der Waals surface area (Å²) in [7, 11) is 0. The molecule has 0 radical (unpaired) electrons. The molecule has 0 saturated heterocycles. The van der Waals surface area contributed by atoms with Crippen LogP contribution in [0.2, 0.25) is 10.0 Å². The second-order valence-electron chi connectivity index (χ2n) is 6.79. The quantitative estimate of drug-likeness (QED) is 0.154. The molecule has 0 bridgehead atoms. The predicted octanol–water partition coefficient (Wildman–Crippen LogP) is 6.54. The number of aliphatic imine (C=N–C) groups is 2. The normalized spacial score (nSPS) is 12.2. The van der Waals surface area contributed by atoms with Crippen molar-refractivity contribution in [2.24, 2.45) is 20.9 Å². The average Bonchev–Trinajstić information content (AvgIpc) is 2.81. The maximum Gasteiger partial charge on any atom is 0.573 e. The minimum atomic E-state index is -4.76. The van der Waals surface area contributed by atoms with Gasteiger partial charge in [0, 0.05) is 10.6 Å². The third-order valence-electron chi connectivity index (χ3n) is 4.19. The van der Waals surface area contributed by atoms with Gasteiger partial charge in [0.25, 0.3) is 0 Å². The number of hydrogen-bond donors (Lipinski definition) is 2. The van der Waals surface area contributed by atoms with Gasteiger partial charge in [0.2, 0.25) is 0 Å². The van der Waals surface area contributed by atoms with Crippen LogP contribution in [0.25, 0.3) is 0 Å². The van der Waals surface area contributed by atoms with E-state index in [0.29, 0.717) is 27.5 Å². The molecular weight excluding hydrogens is 522 g/mol. The van der Waals surface area contributed by atoms with Gasteiger partial charge in [-0.25, -0.2) is 14.8 Å². The molecule has 0 saturated carbocycles. The van der Waals surface area contributed by atoms with Gasteiger partial charge in [0.15, 0.2) is 0 Å². The first-order valence-electron chi connectivity index (χ1n) is 9.87. The van der Waals surface area contributed by atoms with Crippen LogP contribution in [-0.4, -0.2) is 30.8 Å². The zero-order chi connectivity index (χ0) is 26.1. The first-order valence-corrected chi connectivity index (χ1v) is 10.6. The van der Waals surface area contributed by atoms with E-state index < -0.39 is 12.5 Å². The summed E-state index contributed by atoms with van der Waals surface area (Å²) in [4.78, 5) is 24.6. The number of oxime groups is 1. The van der Waals surface area contributed by atoms with Crippen molar-refractivity contribution in [2.45, 2.75) is 6.36 Å². The van der Waals surface area contributed by atoms with Gasteiger partial charge in [-0.15, -0.1) is 13.2 Å². The first kappa shape index (κ1) is 26.5. The van der Waals surface area contributed by atoms with Gasteiger partial charge in [-0.3, -0.25) is 10.2 Å². The highest BCUT2D eigenvalue weighted by molar-refractivity contribution is 6.36. The molecule has 3 aromatic rings. The van der Waals surface area contributed by atoms with Crippen molar-refractivity contribution in [1.29, 1.82) is 0 Å². The standard InChI is InChI=1S/C23H16Cl2F3N5O3/c24-16-5-10-20(19(25)11-16)33-22(34)36-32-12-14-1-3-15(4-2-14)21(29)31-13-30-17-6-8-18(9-7-17)35-23(26,27)28/h1-13H,(H,33,34)(H2,29,30,31)/b32-12+. The van der Waals surface area contributed by atoms with Crippen LogP contribution < -0.4 is 15.8 Å². The van der Waals surface area contributed by atoms with Crippen LogP contribution in [0.4, 0.5) is 29.3 Å². The molecule has 0 atom stereocenters. The number of halogens is 5. The van der Waals surface area contributed by atoms with Gasteiger partial charge in [-0.05, 0) is 48.0 Å². The molecule has 13 heteroatoms. The number of carbonyl (C=O) groups excluding carboxylic acids is 1. The molecule has 36 heavy (non-hydrogen) atoms. The van der Waals surface area contributed by atoms with E-state index in [0.717, 1.165) is 12.1 Å². The molecule has 0 aliphatic carbocycles. The minimum Gasteiger partial charge on any atom is -0.406 e. The lowest BCUT2D eigenvalue weighted by molar-refractivity contribution is -0.274. The van der Waals surface area contributed by atoms with E-state index in [4.69, 9.17) is 33.8 Å². The van der Waals surface area contributed by atoms with Gasteiger partial charge < -0.3 is 10.5 Å². The summed E-state index contributed by atoms with van der Waals surface area (Å²) in [6.07, 6.45) is -3.12. The number of alkyl halides is 3. The Bertz CT molecular complexity index is 1300. The van der Waals surface area contributed by atoms with Crippen LogP contribution in [0.15, 0.2) is 81.9 Å². The third-order valence-corrected chi connectivity index (χ3v) is 4.73. The summed E-state index contributed by atoms with van der Waals surface area (Å²) >= 11 is 11.8. The number of benzene rings is 3. The number of nitrogens with two attached hydrogens (primary N) is 1. The Labute approximate surface area is 212 Å². The number of amides is 1. The van der Waals surface area contributed by atoms with Crippen LogP contribution in [-0.2, 0) is 4.84 Å².